The topological polar surface area (TPSA) is 266 Å². The van der Waals surface area contributed by atoms with Gasteiger partial charge in [0.25, 0.3) is 10.1 Å². The number of benzene rings is 3. The van der Waals surface area contributed by atoms with Crippen molar-refractivity contribution in [3.05, 3.63) is 95.6 Å². The van der Waals surface area contributed by atoms with Gasteiger partial charge in [-0.3, -0.25) is 50.0 Å². The predicted molar refractivity (Wildman–Crippen MR) is 277 cm³/mol. The maximum absolute atomic E-state index is 12.7. The maximum atomic E-state index is 12.7. The Balaban J connectivity index is 0.000000233. The fourth-order valence-corrected chi connectivity index (χ4v) is 9.40. The average molecular weight is 1060 g/mol. The molecule has 3 aromatic rings. The molecule has 4 amide bonds. The molecule has 23 nitrogen and oxygen atoms in total. The molecule has 0 aliphatic carbocycles. The van der Waals surface area contributed by atoms with Crippen LogP contribution in [0.3, 0.4) is 0 Å². The highest BCUT2D eigenvalue weighted by molar-refractivity contribution is 7.86. The van der Waals surface area contributed by atoms with Crippen molar-refractivity contribution in [2.45, 2.75) is 69.7 Å². The highest BCUT2D eigenvalue weighted by atomic mass is 32.2. The van der Waals surface area contributed by atoms with E-state index >= 15 is 0 Å². The van der Waals surface area contributed by atoms with Gasteiger partial charge < -0.3 is 33.5 Å². The minimum absolute atomic E-state index is 0.0609. The lowest BCUT2D eigenvalue weighted by atomic mass is 10.1. The molecule has 24 heteroatoms. The molecule has 0 saturated carbocycles. The van der Waals surface area contributed by atoms with Crippen molar-refractivity contribution in [1.29, 1.82) is 10.8 Å². The summed E-state index contributed by atoms with van der Waals surface area (Å²) in [5.74, 6) is -0.408. The van der Waals surface area contributed by atoms with Crippen LogP contribution < -0.4 is 20.4 Å². The highest BCUT2D eigenvalue weighted by Gasteiger charge is 2.36. The van der Waals surface area contributed by atoms with Gasteiger partial charge in [0.15, 0.2) is 0 Å². The fraction of sp³-hybridized carbons (Fsp3) is 0.510. The van der Waals surface area contributed by atoms with E-state index in [1.807, 2.05) is 51.4 Å². The fourth-order valence-electron chi connectivity index (χ4n) is 9.00. The SMILES string of the molecule is CC(C(=O)OCc1ccccc1)N1CCN(CC2CN(c3ccc(C(=N)NC(=O)OC4CCN(C)CC4)cc3)C(=O)O2)CC1.CN1CCC(OC(=O)NC(=N)c2ccc(N3CC(COS(C)(=O)=O)OC3=O)cc2)CC1. The minimum Gasteiger partial charge on any atom is -0.460 e. The van der Waals surface area contributed by atoms with Crippen molar-refractivity contribution < 1.29 is 60.3 Å². The van der Waals surface area contributed by atoms with E-state index in [4.69, 9.17) is 34.5 Å². The van der Waals surface area contributed by atoms with Crippen molar-refractivity contribution in [2.75, 3.05) is 109 Å². The van der Waals surface area contributed by atoms with Crippen LogP contribution in [0.1, 0.15) is 49.3 Å². The number of cyclic esters (lactones) is 2. The van der Waals surface area contributed by atoms with E-state index in [-0.39, 0.29) is 61.8 Å². The Hall–Kier alpha value is -6.70. The molecule has 3 aromatic carbocycles. The summed E-state index contributed by atoms with van der Waals surface area (Å²) in [6.07, 6.45) is 0.376. The summed E-state index contributed by atoms with van der Waals surface area (Å²) in [6, 6.07) is 22.6. The molecular weight excluding hydrogens is 993 g/mol. The first kappa shape index (κ1) is 56.0. The summed E-state index contributed by atoms with van der Waals surface area (Å²) in [6.45, 7) is 9.47. The lowest BCUT2D eigenvalue weighted by molar-refractivity contribution is -0.151. The number of piperazine rings is 1. The van der Waals surface area contributed by atoms with E-state index < -0.39 is 40.6 Å². The number of carbonyl (C=O) groups is 5. The zero-order valence-corrected chi connectivity index (χ0v) is 43.6. The molecule has 0 aromatic heterocycles. The number of amidine groups is 2. The lowest BCUT2D eigenvalue weighted by Crippen LogP contribution is -2.53. The molecule has 0 radical (unpaired) electrons. The summed E-state index contributed by atoms with van der Waals surface area (Å²) in [7, 11) is 0.425. The molecule has 5 aliphatic rings. The number of nitrogens with zero attached hydrogens (tertiary/aromatic N) is 6. The average Bonchev–Trinajstić information content (AvgIpc) is 3.97. The molecule has 0 spiro atoms. The molecule has 406 valence electrons. The molecule has 5 fully saturated rings. The van der Waals surface area contributed by atoms with Gasteiger partial charge in [0, 0.05) is 81.4 Å². The Labute approximate surface area is 437 Å². The summed E-state index contributed by atoms with van der Waals surface area (Å²) >= 11 is 0. The van der Waals surface area contributed by atoms with Gasteiger partial charge in [-0.1, -0.05) is 30.3 Å². The Kier molecular flexibility index (Phi) is 19.6. The third-order valence-corrected chi connectivity index (χ3v) is 14.0. The lowest BCUT2D eigenvalue weighted by Gasteiger charge is -2.37. The van der Waals surface area contributed by atoms with Crippen LogP contribution in [0.4, 0.5) is 30.6 Å². The Morgan fingerprint density at radius 1 is 0.667 bits per heavy atom. The molecule has 4 N–H and O–H groups in total. The van der Waals surface area contributed by atoms with Crippen LogP contribution in [-0.4, -0.2) is 199 Å². The maximum Gasteiger partial charge on any atom is 0.414 e. The van der Waals surface area contributed by atoms with Crippen molar-refractivity contribution in [3.63, 3.8) is 0 Å². The van der Waals surface area contributed by atoms with Crippen LogP contribution in [0.5, 0.6) is 0 Å². The van der Waals surface area contributed by atoms with Crippen molar-refractivity contribution in [2.24, 2.45) is 0 Å². The normalized spacial score (nSPS) is 20.7. The van der Waals surface area contributed by atoms with E-state index in [1.54, 1.807) is 53.4 Å². The summed E-state index contributed by atoms with van der Waals surface area (Å²) in [5.41, 5.74) is 3.08. The van der Waals surface area contributed by atoms with E-state index in [0.29, 0.717) is 35.6 Å². The molecule has 0 bridgehead atoms. The largest absolute Gasteiger partial charge is 0.460 e. The summed E-state index contributed by atoms with van der Waals surface area (Å²) < 4.78 is 54.0. The minimum atomic E-state index is -3.63. The second kappa shape index (κ2) is 26.2. The number of nitrogens with one attached hydrogen (secondary N) is 4. The van der Waals surface area contributed by atoms with Gasteiger partial charge in [0.05, 0.1) is 19.3 Å². The van der Waals surface area contributed by atoms with Gasteiger partial charge in [-0.2, -0.15) is 8.42 Å². The van der Waals surface area contributed by atoms with Gasteiger partial charge in [-0.15, -0.1) is 0 Å². The second-order valence-electron chi connectivity index (χ2n) is 19.2. The van der Waals surface area contributed by atoms with Crippen LogP contribution >= 0.6 is 0 Å². The number of hydrogen-bond donors (Lipinski definition) is 4. The van der Waals surface area contributed by atoms with Crippen LogP contribution in [0.15, 0.2) is 78.9 Å². The van der Waals surface area contributed by atoms with E-state index in [2.05, 4.69) is 34.4 Å². The zero-order valence-electron chi connectivity index (χ0n) is 42.8. The molecular formula is C51H68N10O13S. The quantitative estimate of drug-likeness (QED) is 0.0550. The van der Waals surface area contributed by atoms with Crippen LogP contribution in [-0.2, 0) is 49.4 Å². The molecule has 5 saturated heterocycles. The van der Waals surface area contributed by atoms with Crippen LogP contribution in [0.25, 0.3) is 0 Å². The molecule has 75 heavy (non-hydrogen) atoms. The van der Waals surface area contributed by atoms with Gasteiger partial charge in [-0.25, -0.2) is 19.2 Å². The molecule has 3 unspecified atom stereocenters. The van der Waals surface area contributed by atoms with Gasteiger partial charge in [0.2, 0.25) is 0 Å². The molecule has 8 rings (SSSR count). The molecule has 5 heterocycles. The van der Waals surface area contributed by atoms with E-state index in [0.717, 1.165) is 89.9 Å². The number of amides is 4. The first-order valence-corrected chi connectivity index (χ1v) is 26.9. The Morgan fingerprint density at radius 2 is 1.12 bits per heavy atom. The summed E-state index contributed by atoms with van der Waals surface area (Å²) in [4.78, 5) is 73.3. The van der Waals surface area contributed by atoms with Gasteiger partial charge >= 0.3 is 30.3 Å². The molecule has 5 aliphatic heterocycles. The third-order valence-electron chi connectivity index (χ3n) is 13.5. The van der Waals surface area contributed by atoms with Gasteiger partial charge in [0.1, 0.15) is 55.3 Å². The standard InChI is InChI=1S/C32H42N6O6.C19H26N4O7S/c1-23(30(39)42-22-24-6-4-3-5-7-24)37-18-16-36(17-19-37)20-28-21-38(32(41)44-28)26-10-8-25(9-11-26)29(33)34-31(40)43-27-12-14-35(2)15-13-27;1-22-9-7-15(8-10-22)29-18(24)21-17(20)13-3-5-14(6-4-13)23-11-16(30-19(23)25)12-28-31(2,26)27/h3-11,23,27-28H,12-22H2,1-2H3,(H2,33,34,40);3-6,15-16H,7-12H2,1-2H3,(H2,20,21,24). The number of ether oxygens (including phenoxy) is 5. The molecule has 3 atom stereocenters. The number of rotatable bonds is 15. The van der Waals surface area contributed by atoms with E-state index in [9.17, 15) is 32.4 Å². The van der Waals surface area contributed by atoms with Gasteiger partial charge in [-0.05, 0) is 101 Å². The Bertz CT molecular complexity index is 2570. The zero-order chi connectivity index (χ0) is 53.6. The van der Waals surface area contributed by atoms with Crippen molar-refractivity contribution >= 4 is 63.5 Å². The number of alkyl carbamates (subject to hydrolysis) is 2. The third kappa shape index (κ3) is 16.9. The van der Waals surface area contributed by atoms with E-state index in [1.165, 1.54) is 4.90 Å². The Morgan fingerprint density at radius 3 is 1.59 bits per heavy atom. The first-order valence-electron chi connectivity index (χ1n) is 25.0. The number of likely N-dealkylation sites (tertiary alicyclic amines) is 2. The number of anilines is 2. The monoisotopic (exact) mass is 1060 g/mol. The first-order chi connectivity index (χ1) is 35.8. The van der Waals surface area contributed by atoms with Crippen LogP contribution in [0, 0.1) is 10.8 Å². The van der Waals surface area contributed by atoms with Crippen molar-refractivity contribution in [1.82, 2.24) is 30.2 Å². The number of piperidine rings is 2. The number of esters is 1. The number of hydrogen-bond acceptors (Lipinski definition) is 19. The second-order valence-corrected chi connectivity index (χ2v) is 20.9. The summed E-state index contributed by atoms with van der Waals surface area (Å²) in [5, 5.41) is 21.3. The van der Waals surface area contributed by atoms with Crippen LogP contribution in [0.2, 0.25) is 0 Å². The number of carbonyl (C=O) groups excluding carboxylic acids is 5. The smallest absolute Gasteiger partial charge is 0.414 e. The predicted octanol–water partition coefficient (Wildman–Crippen LogP) is 4.04. The van der Waals surface area contributed by atoms with Crippen molar-refractivity contribution in [3.8, 4) is 0 Å². The highest BCUT2D eigenvalue weighted by Crippen LogP contribution is 2.25.